The number of aromatic nitrogens is 4. The van der Waals surface area contributed by atoms with Crippen molar-refractivity contribution in [2.24, 2.45) is 0 Å². The van der Waals surface area contributed by atoms with Crippen LogP contribution in [0.15, 0.2) is 36.4 Å². The highest BCUT2D eigenvalue weighted by molar-refractivity contribution is 5.43. The van der Waals surface area contributed by atoms with Gasteiger partial charge in [-0.05, 0) is 32.9 Å². The lowest BCUT2D eigenvalue weighted by atomic mass is 10.1. The van der Waals surface area contributed by atoms with Gasteiger partial charge in [0.1, 0.15) is 5.75 Å². The third-order valence-corrected chi connectivity index (χ3v) is 3.74. The molecule has 0 aliphatic carbocycles. The normalized spacial score (nSPS) is 16.2. The Hall–Kier alpha value is -2.56. The smallest absolute Gasteiger partial charge is 0.220 e. The number of hydrogen-bond acceptors (Lipinski definition) is 3. The molecule has 1 atom stereocenters. The SMILES string of the molecule is Cc1cc(C)n(C2c3ccccc3Oc3cc(C)nn32)n1. The highest BCUT2D eigenvalue weighted by Gasteiger charge is 2.30. The van der Waals surface area contributed by atoms with E-state index in [1.165, 1.54) is 0 Å². The second kappa shape index (κ2) is 4.22. The summed E-state index contributed by atoms with van der Waals surface area (Å²) in [6, 6.07) is 12.1. The van der Waals surface area contributed by atoms with Gasteiger partial charge in [-0.25, -0.2) is 9.36 Å². The van der Waals surface area contributed by atoms with Gasteiger partial charge in [0.05, 0.1) is 11.4 Å². The zero-order valence-corrected chi connectivity index (χ0v) is 12.2. The molecule has 0 bridgehead atoms. The number of rotatable bonds is 1. The van der Waals surface area contributed by atoms with Crippen LogP contribution in [0.2, 0.25) is 0 Å². The third-order valence-electron chi connectivity index (χ3n) is 3.74. The summed E-state index contributed by atoms with van der Waals surface area (Å²) in [5, 5.41) is 9.23. The Morgan fingerprint density at radius 3 is 2.43 bits per heavy atom. The van der Waals surface area contributed by atoms with Gasteiger partial charge in [0.2, 0.25) is 5.88 Å². The monoisotopic (exact) mass is 280 g/mol. The average Bonchev–Trinajstić information content (AvgIpc) is 2.97. The highest BCUT2D eigenvalue weighted by atomic mass is 16.5. The Balaban J connectivity index is 1.99. The molecule has 0 spiro atoms. The van der Waals surface area contributed by atoms with Crippen molar-refractivity contribution in [3.05, 3.63) is 59.0 Å². The van der Waals surface area contributed by atoms with Gasteiger partial charge in [-0.2, -0.15) is 10.2 Å². The number of ether oxygens (including phenoxy) is 1. The van der Waals surface area contributed by atoms with Crippen molar-refractivity contribution in [2.75, 3.05) is 0 Å². The predicted molar refractivity (Wildman–Crippen MR) is 78.7 cm³/mol. The largest absolute Gasteiger partial charge is 0.439 e. The van der Waals surface area contributed by atoms with Crippen molar-refractivity contribution in [2.45, 2.75) is 26.9 Å². The standard InChI is InChI=1S/C16H16N4O/c1-10-8-12(3)19(17-10)16-13-6-4-5-7-14(13)21-15-9-11(2)18-20(15)16/h4-9,16H,1-3H3. The Bertz CT molecular complexity index is 825. The summed E-state index contributed by atoms with van der Waals surface area (Å²) in [6.07, 6.45) is -0.104. The molecule has 2 aromatic heterocycles. The van der Waals surface area contributed by atoms with Crippen LogP contribution in [-0.2, 0) is 0 Å². The molecule has 21 heavy (non-hydrogen) atoms. The van der Waals surface area contributed by atoms with Gasteiger partial charge in [0.15, 0.2) is 6.17 Å². The van der Waals surface area contributed by atoms with Crippen LogP contribution in [0.1, 0.15) is 28.8 Å². The van der Waals surface area contributed by atoms with E-state index in [0.29, 0.717) is 0 Å². The topological polar surface area (TPSA) is 44.9 Å². The number of hydrogen-bond donors (Lipinski definition) is 0. The van der Waals surface area contributed by atoms with Crippen LogP contribution in [0.25, 0.3) is 0 Å². The maximum absolute atomic E-state index is 5.96. The number of para-hydroxylation sites is 1. The first-order valence-corrected chi connectivity index (χ1v) is 6.99. The molecular formula is C16H16N4O. The first kappa shape index (κ1) is 12.2. The Morgan fingerprint density at radius 2 is 1.67 bits per heavy atom. The van der Waals surface area contributed by atoms with E-state index < -0.39 is 0 Å². The van der Waals surface area contributed by atoms with Gasteiger partial charge in [0, 0.05) is 17.3 Å². The van der Waals surface area contributed by atoms with Gasteiger partial charge in [-0.1, -0.05) is 18.2 Å². The van der Waals surface area contributed by atoms with Crippen LogP contribution in [0, 0.1) is 20.8 Å². The van der Waals surface area contributed by atoms with Gasteiger partial charge in [-0.3, -0.25) is 0 Å². The van der Waals surface area contributed by atoms with Crippen molar-refractivity contribution in [3.63, 3.8) is 0 Å². The second-order valence-electron chi connectivity index (χ2n) is 5.45. The molecule has 0 fully saturated rings. The third kappa shape index (κ3) is 1.77. The van der Waals surface area contributed by atoms with Crippen molar-refractivity contribution in [1.82, 2.24) is 19.6 Å². The fraction of sp³-hybridized carbons (Fsp3) is 0.250. The van der Waals surface area contributed by atoms with Crippen LogP contribution in [0.3, 0.4) is 0 Å². The lowest BCUT2D eigenvalue weighted by molar-refractivity contribution is 0.305. The molecular weight excluding hydrogens is 264 g/mol. The van der Waals surface area contributed by atoms with Crippen molar-refractivity contribution in [1.29, 1.82) is 0 Å². The summed E-state index contributed by atoms with van der Waals surface area (Å²) < 4.78 is 9.86. The molecule has 106 valence electrons. The van der Waals surface area contributed by atoms with Crippen molar-refractivity contribution < 1.29 is 4.74 Å². The Kier molecular flexibility index (Phi) is 2.45. The molecule has 0 amide bonds. The molecule has 3 aromatic rings. The summed E-state index contributed by atoms with van der Waals surface area (Å²) in [5.74, 6) is 1.62. The fourth-order valence-electron chi connectivity index (χ4n) is 2.90. The Morgan fingerprint density at radius 1 is 0.952 bits per heavy atom. The molecule has 0 radical (unpaired) electrons. The van der Waals surface area contributed by atoms with Crippen LogP contribution in [0.4, 0.5) is 0 Å². The van der Waals surface area contributed by atoms with Crippen molar-refractivity contribution in [3.8, 4) is 11.6 Å². The van der Waals surface area contributed by atoms with E-state index in [1.54, 1.807) is 0 Å². The predicted octanol–water partition coefficient (Wildman–Crippen LogP) is 3.21. The fourth-order valence-corrected chi connectivity index (χ4v) is 2.90. The van der Waals surface area contributed by atoms with Crippen LogP contribution in [-0.4, -0.2) is 19.6 Å². The summed E-state index contributed by atoms with van der Waals surface area (Å²) in [4.78, 5) is 0. The number of nitrogens with zero attached hydrogens (tertiary/aromatic N) is 4. The summed E-state index contributed by atoms with van der Waals surface area (Å²) in [6.45, 7) is 6.04. The molecule has 1 unspecified atom stereocenters. The van der Waals surface area contributed by atoms with E-state index >= 15 is 0 Å². The average molecular weight is 280 g/mol. The number of benzene rings is 1. The minimum absolute atomic E-state index is 0.104. The van der Waals surface area contributed by atoms with E-state index in [1.807, 2.05) is 47.5 Å². The number of fused-ring (bicyclic) bond motifs is 2. The summed E-state index contributed by atoms with van der Waals surface area (Å²) in [5.41, 5.74) is 4.11. The molecule has 0 saturated carbocycles. The minimum Gasteiger partial charge on any atom is -0.439 e. The molecule has 5 nitrogen and oxygen atoms in total. The van der Waals surface area contributed by atoms with E-state index in [4.69, 9.17) is 4.74 Å². The molecule has 1 aromatic carbocycles. The van der Waals surface area contributed by atoms with E-state index in [9.17, 15) is 0 Å². The maximum Gasteiger partial charge on any atom is 0.220 e. The van der Waals surface area contributed by atoms with Crippen LogP contribution >= 0.6 is 0 Å². The van der Waals surface area contributed by atoms with E-state index in [2.05, 4.69) is 29.3 Å². The Labute approximate surface area is 122 Å². The molecule has 4 rings (SSSR count). The van der Waals surface area contributed by atoms with Gasteiger partial charge in [0.25, 0.3) is 0 Å². The minimum atomic E-state index is -0.104. The van der Waals surface area contributed by atoms with Crippen LogP contribution < -0.4 is 4.74 Å². The summed E-state index contributed by atoms with van der Waals surface area (Å²) in [7, 11) is 0. The first-order valence-electron chi connectivity index (χ1n) is 6.99. The quantitative estimate of drug-likeness (QED) is 0.538. The number of aryl methyl sites for hydroxylation is 3. The van der Waals surface area contributed by atoms with Gasteiger partial charge in [-0.15, -0.1) is 0 Å². The highest BCUT2D eigenvalue weighted by Crippen LogP contribution is 2.39. The maximum atomic E-state index is 5.96. The van der Waals surface area contributed by atoms with Crippen molar-refractivity contribution >= 4 is 0 Å². The molecule has 5 heteroatoms. The van der Waals surface area contributed by atoms with Crippen LogP contribution in [0.5, 0.6) is 11.6 Å². The lowest BCUT2D eigenvalue weighted by Crippen LogP contribution is -2.26. The second-order valence-corrected chi connectivity index (χ2v) is 5.45. The summed E-state index contributed by atoms with van der Waals surface area (Å²) >= 11 is 0. The van der Waals surface area contributed by atoms with E-state index in [0.717, 1.165) is 34.3 Å². The molecule has 0 saturated heterocycles. The van der Waals surface area contributed by atoms with Gasteiger partial charge < -0.3 is 4.74 Å². The molecule has 3 heterocycles. The zero-order chi connectivity index (χ0) is 14.6. The van der Waals surface area contributed by atoms with E-state index in [-0.39, 0.29) is 6.17 Å². The molecule has 1 aliphatic heterocycles. The first-order chi connectivity index (χ1) is 10.1. The lowest BCUT2D eigenvalue weighted by Gasteiger charge is -2.28. The van der Waals surface area contributed by atoms with Gasteiger partial charge >= 0.3 is 0 Å². The zero-order valence-electron chi connectivity index (χ0n) is 12.2. The molecule has 0 N–H and O–H groups in total. The molecule has 1 aliphatic rings.